The molecule has 2 unspecified atom stereocenters. The Kier molecular flexibility index (Phi) is 4.04. The third kappa shape index (κ3) is 3.27. The van der Waals surface area contributed by atoms with Crippen molar-refractivity contribution in [2.75, 3.05) is 0 Å². The molecular weight excluding hydrogens is 406 g/mol. The molecule has 0 amide bonds. The van der Waals surface area contributed by atoms with Crippen LogP contribution < -0.4 is 9.47 Å². The fourth-order valence-corrected chi connectivity index (χ4v) is 7.16. The molecule has 4 fully saturated rings. The zero-order valence-electron chi connectivity index (χ0n) is 15.1. The van der Waals surface area contributed by atoms with E-state index in [9.17, 15) is 4.79 Å². The Labute approximate surface area is 167 Å². The van der Waals surface area contributed by atoms with E-state index >= 15 is 0 Å². The van der Waals surface area contributed by atoms with Crippen LogP contribution in [0, 0.1) is 17.3 Å². The van der Waals surface area contributed by atoms with E-state index in [1.807, 2.05) is 24.3 Å². The van der Waals surface area contributed by atoms with Gasteiger partial charge in [-0.2, -0.15) is 0 Å². The van der Waals surface area contributed by atoms with Crippen LogP contribution in [-0.4, -0.2) is 15.3 Å². The lowest BCUT2D eigenvalue weighted by Gasteiger charge is -2.58. The van der Waals surface area contributed by atoms with Gasteiger partial charge in [-0.1, -0.05) is 22.0 Å². The normalized spacial score (nSPS) is 33.7. The van der Waals surface area contributed by atoms with Gasteiger partial charge in [-0.15, -0.1) is 0 Å². The number of benzene rings is 1. The van der Waals surface area contributed by atoms with Gasteiger partial charge in [0.05, 0.1) is 5.41 Å². The Hall–Kier alpha value is -1.88. The lowest BCUT2D eigenvalue weighted by atomic mass is 9.49. The predicted molar refractivity (Wildman–Crippen MR) is 105 cm³/mol. The van der Waals surface area contributed by atoms with E-state index in [2.05, 4.69) is 20.9 Å². The number of ether oxygens (including phenoxy) is 2. The molecule has 0 N–H and O–H groups in total. The summed E-state index contributed by atoms with van der Waals surface area (Å²) in [6.45, 7) is 0. The fraction of sp³-hybridized carbons (Fsp3) is 0.455. The molecule has 4 aliphatic carbocycles. The van der Waals surface area contributed by atoms with Gasteiger partial charge in [-0.3, -0.25) is 4.79 Å². The maximum Gasteiger partial charge on any atom is 0.317 e. The SMILES string of the molecule is O=C(Oc1ccc(Oc2ccccn2)cc1)C12CC3CC(CC(Br)(C3)C1)C2. The average Bonchev–Trinajstić information content (AvgIpc) is 2.62. The molecule has 6 rings (SSSR count). The quantitative estimate of drug-likeness (QED) is 0.366. The Morgan fingerprint density at radius 2 is 1.70 bits per heavy atom. The lowest BCUT2D eigenvalue weighted by molar-refractivity contribution is -0.159. The number of hydrogen-bond donors (Lipinski definition) is 0. The maximum absolute atomic E-state index is 13.1. The molecule has 1 heterocycles. The lowest BCUT2D eigenvalue weighted by Crippen LogP contribution is -2.56. The van der Waals surface area contributed by atoms with Gasteiger partial charge in [0.15, 0.2) is 0 Å². The number of alkyl halides is 1. The molecule has 4 saturated carbocycles. The number of nitrogens with zero attached hydrogens (tertiary/aromatic N) is 1. The van der Waals surface area contributed by atoms with E-state index in [0.717, 1.165) is 19.3 Å². The first kappa shape index (κ1) is 17.2. The van der Waals surface area contributed by atoms with Crippen molar-refractivity contribution in [2.45, 2.75) is 42.8 Å². The molecule has 0 saturated heterocycles. The van der Waals surface area contributed by atoms with Crippen molar-refractivity contribution < 1.29 is 14.3 Å². The summed E-state index contributed by atoms with van der Waals surface area (Å²) in [6, 6.07) is 12.7. The second kappa shape index (κ2) is 6.33. The molecule has 5 heteroatoms. The van der Waals surface area contributed by atoms with E-state index in [-0.39, 0.29) is 15.7 Å². The summed E-state index contributed by atoms with van der Waals surface area (Å²) in [5, 5.41) is 0. The van der Waals surface area contributed by atoms with Gasteiger partial charge in [0.1, 0.15) is 11.5 Å². The highest BCUT2D eigenvalue weighted by Crippen LogP contribution is 2.64. The summed E-state index contributed by atoms with van der Waals surface area (Å²) >= 11 is 3.96. The van der Waals surface area contributed by atoms with Crippen LogP contribution in [0.15, 0.2) is 48.7 Å². The van der Waals surface area contributed by atoms with Crippen LogP contribution in [0.25, 0.3) is 0 Å². The first-order valence-corrected chi connectivity index (χ1v) is 10.4. The van der Waals surface area contributed by atoms with Crippen LogP contribution in [0.4, 0.5) is 0 Å². The second-order valence-corrected chi connectivity index (χ2v) is 10.2. The van der Waals surface area contributed by atoms with Crippen LogP contribution in [0.1, 0.15) is 38.5 Å². The van der Waals surface area contributed by atoms with Gasteiger partial charge < -0.3 is 9.47 Å². The molecular formula is C22H22BrNO3. The zero-order chi connectivity index (χ0) is 18.5. The summed E-state index contributed by atoms with van der Waals surface area (Å²) in [5.74, 6) is 3.05. The Bertz CT molecular complexity index is 838. The van der Waals surface area contributed by atoms with Crippen molar-refractivity contribution in [3.05, 3.63) is 48.7 Å². The van der Waals surface area contributed by atoms with Gasteiger partial charge in [0.2, 0.25) is 5.88 Å². The van der Waals surface area contributed by atoms with E-state index in [0.29, 0.717) is 29.2 Å². The van der Waals surface area contributed by atoms with Gasteiger partial charge in [-0.05, 0) is 80.7 Å². The number of aromatic nitrogens is 1. The molecule has 0 radical (unpaired) electrons. The summed E-state index contributed by atoms with van der Waals surface area (Å²) in [4.78, 5) is 17.2. The molecule has 0 spiro atoms. The standard InChI is InChI=1S/C22H22BrNO3/c23-22-12-15-9-16(13-22)11-21(10-15,14-22)20(25)27-18-6-4-17(5-7-18)26-19-3-1-2-8-24-19/h1-8,15-16H,9-14H2. The number of carbonyl (C=O) groups excluding carboxylic acids is 1. The fourth-order valence-electron chi connectivity index (χ4n) is 5.71. The van der Waals surface area contributed by atoms with E-state index < -0.39 is 0 Å². The molecule has 1 aromatic carbocycles. The third-order valence-corrected chi connectivity index (χ3v) is 7.25. The van der Waals surface area contributed by atoms with Crippen LogP contribution in [0.5, 0.6) is 17.4 Å². The average molecular weight is 428 g/mol. The maximum atomic E-state index is 13.1. The largest absolute Gasteiger partial charge is 0.439 e. The highest BCUT2D eigenvalue weighted by atomic mass is 79.9. The van der Waals surface area contributed by atoms with Crippen molar-refractivity contribution in [2.24, 2.45) is 17.3 Å². The van der Waals surface area contributed by atoms with Crippen molar-refractivity contribution in [3.63, 3.8) is 0 Å². The Balaban J connectivity index is 1.29. The van der Waals surface area contributed by atoms with E-state index in [1.165, 1.54) is 19.3 Å². The molecule has 2 atom stereocenters. The highest BCUT2D eigenvalue weighted by Gasteiger charge is 2.60. The van der Waals surface area contributed by atoms with Gasteiger partial charge in [-0.25, -0.2) is 4.98 Å². The monoisotopic (exact) mass is 427 g/mol. The van der Waals surface area contributed by atoms with Crippen molar-refractivity contribution in [3.8, 4) is 17.4 Å². The Morgan fingerprint density at radius 3 is 2.33 bits per heavy atom. The molecule has 1 aromatic heterocycles. The van der Waals surface area contributed by atoms with Crippen LogP contribution in [0.3, 0.4) is 0 Å². The highest BCUT2D eigenvalue weighted by molar-refractivity contribution is 9.10. The first-order valence-electron chi connectivity index (χ1n) is 9.62. The predicted octanol–water partition coefficient (Wildman–Crippen LogP) is 5.51. The number of esters is 1. The molecule has 2 aromatic rings. The number of pyridine rings is 1. The molecule has 27 heavy (non-hydrogen) atoms. The van der Waals surface area contributed by atoms with Crippen molar-refractivity contribution in [1.82, 2.24) is 4.98 Å². The zero-order valence-corrected chi connectivity index (χ0v) is 16.7. The van der Waals surface area contributed by atoms with E-state index in [4.69, 9.17) is 9.47 Å². The van der Waals surface area contributed by atoms with Crippen LogP contribution in [0.2, 0.25) is 0 Å². The molecule has 4 nitrogen and oxygen atoms in total. The molecule has 140 valence electrons. The smallest absolute Gasteiger partial charge is 0.317 e. The third-order valence-electron chi connectivity index (χ3n) is 6.32. The number of hydrogen-bond acceptors (Lipinski definition) is 4. The minimum Gasteiger partial charge on any atom is -0.439 e. The van der Waals surface area contributed by atoms with Gasteiger partial charge in [0.25, 0.3) is 0 Å². The summed E-state index contributed by atoms with van der Waals surface area (Å²) in [5.41, 5.74) is -0.309. The molecule has 0 aliphatic heterocycles. The number of halogens is 1. The van der Waals surface area contributed by atoms with Crippen LogP contribution >= 0.6 is 15.9 Å². The van der Waals surface area contributed by atoms with Gasteiger partial charge in [0, 0.05) is 16.6 Å². The summed E-state index contributed by atoms with van der Waals surface area (Å²) in [6.07, 6.45) is 8.26. The topological polar surface area (TPSA) is 48.4 Å². The van der Waals surface area contributed by atoms with Crippen LogP contribution in [-0.2, 0) is 4.79 Å². The summed E-state index contributed by atoms with van der Waals surface area (Å²) in [7, 11) is 0. The number of carbonyl (C=O) groups is 1. The van der Waals surface area contributed by atoms with Gasteiger partial charge >= 0.3 is 5.97 Å². The number of rotatable bonds is 4. The van der Waals surface area contributed by atoms with Crippen molar-refractivity contribution >= 4 is 21.9 Å². The summed E-state index contributed by atoms with van der Waals surface area (Å²) < 4.78 is 11.7. The minimum atomic E-state index is -0.309. The second-order valence-electron chi connectivity index (χ2n) is 8.52. The Morgan fingerprint density at radius 1 is 1.00 bits per heavy atom. The molecule has 4 aliphatic rings. The van der Waals surface area contributed by atoms with E-state index in [1.54, 1.807) is 24.4 Å². The minimum absolute atomic E-state index is 0.0566. The first-order chi connectivity index (χ1) is 13.0. The molecule has 4 bridgehead atoms. The van der Waals surface area contributed by atoms with Crippen molar-refractivity contribution in [1.29, 1.82) is 0 Å².